The van der Waals surface area contributed by atoms with Crippen molar-refractivity contribution in [2.75, 3.05) is 19.3 Å². The first-order chi connectivity index (χ1) is 5.67. The van der Waals surface area contributed by atoms with E-state index in [1.165, 1.54) is 6.20 Å². The predicted molar refractivity (Wildman–Crippen MR) is 46.8 cm³/mol. The van der Waals surface area contributed by atoms with Gasteiger partial charge in [-0.05, 0) is 13.1 Å². The van der Waals surface area contributed by atoms with Crippen molar-refractivity contribution in [2.45, 2.75) is 4.90 Å². The lowest BCUT2D eigenvalue weighted by atomic mass is 10.7. The van der Waals surface area contributed by atoms with Gasteiger partial charge in [0.15, 0.2) is 9.84 Å². The van der Waals surface area contributed by atoms with Crippen molar-refractivity contribution >= 4 is 9.84 Å². The summed E-state index contributed by atoms with van der Waals surface area (Å²) in [7, 11) is -1.34. The number of sulfone groups is 1. The fraction of sp³-hybridized carbons (Fsp3) is 0.429. The first-order valence-corrected chi connectivity index (χ1v) is 5.32. The van der Waals surface area contributed by atoms with Crippen LogP contribution in [0.1, 0.15) is 0 Å². The Labute approximate surface area is 71.9 Å². The van der Waals surface area contributed by atoms with E-state index in [1.54, 1.807) is 19.3 Å². The third-order valence-electron chi connectivity index (χ3n) is 1.55. The van der Waals surface area contributed by atoms with Crippen LogP contribution in [-0.4, -0.2) is 32.7 Å². The van der Waals surface area contributed by atoms with Crippen molar-refractivity contribution in [1.29, 1.82) is 0 Å². The molecule has 1 aromatic heterocycles. The summed E-state index contributed by atoms with van der Waals surface area (Å²) in [6.07, 6.45) is 3.09. The van der Waals surface area contributed by atoms with Crippen LogP contribution >= 0.6 is 0 Å². The summed E-state index contributed by atoms with van der Waals surface area (Å²) < 4.78 is 22.8. The highest BCUT2D eigenvalue weighted by Crippen LogP contribution is 2.07. The number of hydrogen-bond donors (Lipinski definition) is 2. The minimum absolute atomic E-state index is 0.140. The summed E-state index contributed by atoms with van der Waals surface area (Å²) >= 11 is 0. The highest BCUT2D eigenvalue weighted by Gasteiger charge is 2.12. The third-order valence-corrected chi connectivity index (χ3v) is 3.26. The van der Waals surface area contributed by atoms with Crippen molar-refractivity contribution in [3.63, 3.8) is 0 Å². The van der Waals surface area contributed by atoms with Crippen molar-refractivity contribution in [3.05, 3.63) is 18.5 Å². The summed E-state index contributed by atoms with van der Waals surface area (Å²) in [6, 6.07) is 1.56. The van der Waals surface area contributed by atoms with Gasteiger partial charge in [-0.15, -0.1) is 0 Å². The average Bonchev–Trinajstić information content (AvgIpc) is 2.53. The molecular weight excluding hydrogens is 176 g/mol. The van der Waals surface area contributed by atoms with Crippen LogP contribution in [0.15, 0.2) is 23.4 Å². The lowest BCUT2D eigenvalue weighted by molar-refractivity contribution is 0.594. The molecular formula is C7H12N2O2S. The molecule has 0 fully saturated rings. The van der Waals surface area contributed by atoms with Crippen LogP contribution in [0, 0.1) is 0 Å². The molecule has 0 bridgehead atoms. The molecule has 0 radical (unpaired) electrons. The van der Waals surface area contributed by atoms with E-state index in [0.717, 1.165) is 0 Å². The van der Waals surface area contributed by atoms with Gasteiger partial charge in [-0.2, -0.15) is 0 Å². The summed E-state index contributed by atoms with van der Waals surface area (Å²) in [5.41, 5.74) is 0. The Balaban J connectivity index is 2.74. The summed E-state index contributed by atoms with van der Waals surface area (Å²) in [6.45, 7) is 0.480. The lowest BCUT2D eigenvalue weighted by Crippen LogP contribution is -2.19. The Morgan fingerprint density at radius 3 is 2.83 bits per heavy atom. The topological polar surface area (TPSA) is 62.0 Å². The fourth-order valence-electron chi connectivity index (χ4n) is 0.856. The highest BCUT2D eigenvalue weighted by atomic mass is 32.2. The first kappa shape index (κ1) is 9.28. The largest absolute Gasteiger partial charge is 0.366 e. The van der Waals surface area contributed by atoms with Gasteiger partial charge in [0, 0.05) is 18.9 Å². The van der Waals surface area contributed by atoms with Gasteiger partial charge in [0.2, 0.25) is 0 Å². The van der Waals surface area contributed by atoms with E-state index in [9.17, 15) is 8.42 Å². The zero-order valence-corrected chi connectivity index (χ0v) is 7.69. The predicted octanol–water partition coefficient (Wildman–Crippen LogP) is 0.00780. The zero-order chi connectivity index (χ0) is 9.03. The van der Waals surface area contributed by atoms with E-state index in [2.05, 4.69) is 10.3 Å². The molecule has 0 saturated carbocycles. The maximum atomic E-state index is 11.4. The number of nitrogens with one attached hydrogen (secondary N) is 2. The van der Waals surface area contributed by atoms with Gasteiger partial charge < -0.3 is 10.3 Å². The van der Waals surface area contributed by atoms with Crippen LogP contribution < -0.4 is 5.32 Å². The van der Waals surface area contributed by atoms with Crippen LogP contribution in [0.2, 0.25) is 0 Å². The number of rotatable bonds is 4. The average molecular weight is 188 g/mol. The molecule has 1 heterocycles. The van der Waals surface area contributed by atoms with Gasteiger partial charge in [-0.3, -0.25) is 0 Å². The normalized spacial score (nSPS) is 11.8. The monoisotopic (exact) mass is 188 g/mol. The lowest BCUT2D eigenvalue weighted by Gasteiger charge is -1.99. The maximum absolute atomic E-state index is 11.4. The maximum Gasteiger partial charge on any atom is 0.181 e. The minimum Gasteiger partial charge on any atom is -0.366 e. The second-order valence-corrected chi connectivity index (χ2v) is 4.58. The Bertz CT molecular complexity index is 315. The van der Waals surface area contributed by atoms with E-state index in [1.807, 2.05) is 0 Å². The Morgan fingerprint density at radius 1 is 1.58 bits per heavy atom. The van der Waals surface area contributed by atoms with E-state index >= 15 is 0 Å². The van der Waals surface area contributed by atoms with Gasteiger partial charge in [0.05, 0.1) is 10.6 Å². The van der Waals surface area contributed by atoms with E-state index in [4.69, 9.17) is 0 Å². The quantitative estimate of drug-likeness (QED) is 0.699. The van der Waals surface area contributed by atoms with E-state index < -0.39 is 9.84 Å². The Hall–Kier alpha value is -0.810. The summed E-state index contributed by atoms with van der Waals surface area (Å²) in [5, 5.41) is 2.80. The van der Waals surface area contributed by atoms with Gasteiger partial charge in [-0.1, -0.05) is 0 Å². The second-order valence-electron chi connectivity index (χ2n) is 2.47. The number of aromatic nitrogens is 1. The van der Waals surface area contributed by atoms with E-state index in [0.29, 0.717) is 11.4 Å². The van der Waals surface area contributed by atoms with Crippen LogP contribution in [0.5, 0.6) is 0 Å². The molecule has 12 heavy (non-hydrogen) atoms. The first-order valence-electron chi connectivity index (χ1n) is 3.67. The van der Waals surface area contributed by atoms with Crippen LogP contribution in [-0.2, 0) is 9.84 Å². The molecule has 0 aliphatic rings. The molecule has 0 unspecified atom stereocenters. The number of H-pyrrole nitrogens is 1. The van der Waals surface area contributed by atoms with Crippen molar-refractivity contribution in [1.82, 2.24) is 10.3 Å². The molecule has 0 aliphatic heterocycles. The molecule has 4 nitrogen and oxygen atoms in total. The van der Waals surface area contributed by atoms with Crippen molar-refractivity contribution < 1.29 is 8.42 Å². The Kier molecular flexibility index (Phi) is 2.88. The van der Waals surface area contributed by atoms with Gasteiger partial charge in [0.25, 0.3) is 0 Å². The SMILES string of the molecule is CNCCS(=O)(=O)c1cc[nH]c1. The number of aromatic amines is 1. The highest BCUT2D eigenvalue weighted by molar-refractivity contribution is 7.91. The Morgan fingerprint density at radius 2 is 2.33 bits per heavy atom. The molecule has 2 N–H and O–H groups in total. The molecule has 0 saturated heterocycles. The molecule has 0 aliphatic carbocycles. The van der Waals surface area contributed by atoms with Gasteiger partial charge in [-0.25, -0.2) is 8.42 Å². The molecule has 0 amide bonds. The number of hydrogen-bond acceptors (Lipinski definition) is 3. The summed E-state index contributed by atoms with van der Waals surface area (Å²) in [5.74, 6) is 0.140. The van der Waals surface area contributed by atoms with Gasteiger partial charge in [0.1, 0.15) is 0 Å². The van der Waals surface area contributed by atoms with Gasteiger partial charge >= 0.3 is 0 Å². The second kappa shape index (κ2) is 3.73. The minimum atomic E-state index is -3.07. The molecule has 0 aromatic carbocycles. The smallest absolute Gasteiger partial charge is 0.181 e. The molecule has 68 valence electrons. The summed E-state index contributed by atoms with van der Waals surface area (Å²) in [4.78, 5) is 3.07. The van der Waals surface area contributed by atoms with E-state index in [-0.39, 0.29) is 5.75 Å². The molecule has 1 rings (SSSR count). The van der Waals surface area contributed by atoms with Crippen LogP contribution in [0.3, 0.4) is 0 Å². The standard InChI is InChI=1S/C7H12N2O2S/c1-8-4-5-12(10,11)7-2-3-9-6-7/h2-3,6,8-9H,4-5H2,1H3. The fourth-order valence-corrected chi connectivity index (χ4v) is 2.09. The molecule has 0 spiro atoms. The molecule has 5 heteroatoms. The van der Waals surface area contributed by atoms with Crippen LogP contribution in [0.4, 0.5) is 0 Å². The molecule has 0 atom stereocenters. The van der Waals surface area contributed by atoms with Crippen molar-refractivity contribution in [3.8, 4) is 0 Å². The van der Waals surface area contributed by atoms with Crippen LogP contribution in [0.25, 0.3) is 0 Å². The molecule has 1 aromatic rings. The third kappa shape index (κ3) is 2.09. The van der Waals surface area contributed by atoms with Crippen molar-refractivity contribution in [2.24, 2.45) is 0 Å². The zero-order valence-electron chi connectivity index (χ0n) is 6.87.